The molecule has 0 saturated carbocycles. The quantitative estimate of drug-likeness (QED) is 0.405. The van der Waals surface area contributed by atoms with E-state index in [0.717, 1.165) is 17.0 Å². The maximum Gasteiger partial charge on any atom is 0.281 e. The number of carbonyl (C=O) groups excluding carboxylic acids is 1. The minimum Gasteiger partial charge on any atom is -0.497 e. The van der Waals surface area contributed by atoms with Gasteiger partial charge in [0.1, 0.15) is 23.3 Å². The van der Waals surface area contributed by atoms with Gasteiger partial charge in [-0.1, -0.05) is 0 Å². The highest BCUT2D eigenvalue weighted by Crippen LogP contribution is 2.33. The zero-order valence-electron chi connectivity index (χ0n) is 17.6. The van der Waals surface area contributed by atoms with Gasteiger partial charge >= 0.3 is 0 Å². The van der Waals surface area contributed by atoms with E-state index in [-0.39, 0.29) is 18.2 Å². The van der Waals surface area contributed by atoms with Crippen LogP contribution in [0.15, 0.2) is 70.4 Å². The van der Waals surface area contributed by atoms with E-state index < -0.39 is 11.0 Å². The Morgan fingerprint density at radius 1 is 1.22 bits per heavy atom. The lowest BCUT2D eigenvalue weighted by molar-refractivity contribution is -0.385. The summed E-state index contributed by atoms with van der Waals surface area (Å²) in [5.41, 5.74) is 2.07. The number of hydrogen-bond donors (Lipinski definition) is 0. The van der Waals surface area contributed by atoms with Gasteiger partial charge in [-0.15, -0.1) is 0 Å². The SMILES string of the molecule is COc1ccc(C2=NN(C(=O)COc3ccc([N+](=O)[O-])c(C)c3)C(c3ccco3)C2)cc1. The highest BCUT2D eigenvalue weighted by atomic mass is 16.6. The van der Waals surface area contributed by atoms with Crippen LogP contribution in [0.25, 0.3) is 0 Å². The number of carbonyl (C=O) groups is 1. The summed E-state index contributed by atoms with van der Waals surface area (Å²) in [6, 6.07) is 15.0. The highest BCUT2D eigenvalue weighted by molar-refractivity contribution is 6.03. The molecule has 2 aromatic carbocycles. The molecule has 0 spiro atoms. The lowest BCUT2D eigenvalue weighted by atomic mass is 10.0. The van der Waals surface area contributed by atoms with Gasteiger partial charge in [0.2, 0.25) is 0 Å². The van der Waals surface area contributed by atoms with Crippen molar-refractivity contribution in [3.8, 4) is 11.5 Å². The topological polar surface area (TPSA) is 107 Å². The van der Waals surface area contributed by atoms with Crippen molar-refractivity contribution < 1.29 is 23.6 Å². The van der Waals surface area contributed by atoms with Crippen molar-refractivity contribution >= 4 is 17.3 Å². The van der Waals surface area contributed by atoms with Crippen molar-refractivity contribution in [1.29, 1.82) is 0 Å². The van der Waals surface area contributed by atoms with Gasteiger partial charge in [-0.3, -0.25) is 14.9 Å². The average Bonchev–Trinajstić information content (AvgIpc) is 3.47. The number of benzene rings is 2. The van der Waals surface area contributed by atoms with Crippen LogP contribution in [0.4, 0.5) is 5.69 Å². The van der Waals surface area contributed by atoms with E-state index in [1.807, 2.05) is 24.3 Å². The number of methoxy groups -OCH3 is 1. The van der Waals surface area contributed by atoms with Crippen LogP contribution in [0.5, 0.6) is 11.5 Å². The Labute approximate surface area is 184 Å². The number of nitrogens with zero attached hydrogens (tertiary/aromatic N) is 3. The van der Waals surface area contributed by atoms with Crippen LogP contribution < -0.4 is 9.47 Å². The van der Waals surface area contributed by atoms with Gasteiger partial charge in [-0.25, -0.2) is 5.01 Å². The number of aryl methyl sites for hydroxylation is 1. The number of nitro groups is 1. The van der Waals surface area contributed by atoms with Crippen LogP contribution >= 0.6 is 0 Å². The Morgan fingerprint density at radius 2 is 1.97 bits per heavy atom. The van der Waals surface area contributed by atoms with E-state index >= 15 is 0 Å². The summed E-state index contributed by atoms with van der Waals surface area (Å²) >= 11 is 0. The molecule has 164 valence electrons. The molecule has 1 amide bonds. The number of ether oxygens (including phenoxy) is 2. The summed E-state index contributed by atoms with van der Waals surface area (Å²) in [7, 11) is 1.60. The summed E-state index contributed by atoms with van der Waals surface area (Å²) in [6.07, 6.45) is 2.04. The molecular formula is C23H21N3O6. The minimum absolute atomic E-state index is 0.00478. The van der Waals surface area contributed by atoms with Gasteiger partial charge in [0.05, 0.1) is 24.0 Å². The zero-order valence-corrected chi connectivity index (χ0v) is 17.6. The van der Waals surface area contributed by atoms with Gasteiger partial charge in [0.25, 0.3) is 11.6 Å². The van der Waals surface area contributed by atoms with Gasteiger partial charge in [-0.05, 0) is 61.0 Å². The van der Waals surface area contributed by atoms with Crippen molar-refractivity contribution in [2.24, 2.45) is 5.10 Å². The molecule has 1 aliphatic heterocycles. The summed E-state index contributed by atoms with van der Waals surface area (Å²) in [5.74, 6) is 1.37. The molecule has 0 radical (unpaired) electrons. The molecule has 1 unspecified atom stereocenters. The van der Waals surface area contributed by atoms with E-state index in [1.165, 1.54) is 23.2 Å². The van der Waals surface area contributed by atoms with Crippen molar-refractivity contribution in [3.05, 3.63) is 87.9 Å². The van der Waals surface area contributed by atoms with Gasteiger partial charge in [-0.2, -0.15) is 5.10 Å². The zero-order chi connectivity index (χ0) is 22.7. The number of amides is 1. The molecule has 0 N–H and O–H groups in total. The minimum atomic E-state index is -0.460. The second kappa shape index (κ2) is 8.93. The molecule has 2 heterocycles. The normalized spacial score (nSPS) is 15.4. The number of furan rings is 1. The maximum absolute atomic E-state index is 13.0. The predicted octanol–water partition coefficient (Wildman–Crippen LogP) is 4.26. The number of rotatable bonds is 7. The third-order valence-electron chi connectivity index (χ3n) is 5.19. The third kappa shape index (κ3) is 4.31. The molecule has 0 aliphatic carbocycles. The molecule has 9 heteroatoms. The Kier molecular flexibility index (Phi) is 5.89. The van der Waals surface area contributed by atoms with Gasteiger partial charge < -0.3 is 13.9 Å². The summed E-state index contributed by atoms with van der Waals surface area (Å²) in [4.78, 5) is 23.5. The molecule has 0 fully saturated rings. The highest BCUT2D eigenvalue weighted by Gasteiger charge is 2.35. The van der Waals surface area contributed by atoms with E-state index in [2.05, 4.69) is 5.10 Å². The average molecular weight is 435 g/mol. The molecule has 0 saturated heterocycles. The Balaban J connectivity index is 1.52. The largest absolute Gasteiger partial charge is 0.497 e. The molecule has 1 aromatic heterocycles. The smallest absolute Gasteiger partial charge is 0.281 e. The Hall–Kier alpha value is -4.14. The lowest BCUT2D eigenvalue weighted by Gasteiger charge is -2.20. The van der Waals surface area contributed by atoms with E-state index in [4.69, 9.17) is 13.9 Å². The van der Waals surface area contributed by atoms with Crippen LogP contribution in [0, 0.1) is 17.0 Å². The molecule has 1 atom stereocenters. The fraction of sp³-hybridized carbons (Fsp3) is 0.217. The first-order chi connectivity index (χ1) is 15.5. The summed E-state index contributed by atoms with van der Waals surface area (Å²) in [5, 5.41) is 16.9. The van der Waals surface area contributed by atoms with E-state index in [0.29, 0.717) is 23.5 Å². The fourth-order valence-corrected chi connectivity index (χ4v) is 3.53. The van der Waals surface area contributed by atoms with E-state index in [1.54, 1.807) is 32.4 Å². The maximum atomic E-state index is 13.0. The van der Waals surface area contributed by atoms with Crippen LogP contribution in [0.2, 0.25) is 0 Å². The van der Waals surface area contributed by atoms with Gasteiger partial charge in [0.15, 0.2) is 6.61 Å². The summed E-state index contributed by atoms with van der Waals surface area (Å²) in [6.45, 7) is 1.35. The van der Waals surface area contributed by atoms with Gasteiger partial charge in [0, 0.05) is 18.1 Å². The molecule has 4 rings (SSSR count). The first-order valence-electron chi connectivity index (χ1n) is 9.91. The molecule has 9 nitrogen and oxygen atoms in total. The molecule has 3 aromatic rings. The first-order valence-corrected chi connectivity index (χ1v) is 9.91. The van der Waals surface area contributed by atoms with Crippen molar-refractivity contribution in [2.75, 3.05) is 13.7 Å². The van der Waals surface area contributed by atoms with Crippen molar-refractivity contribution in [1.82, 2.24) is 5.01 Å². The second-order valence-corrected chi connectivity index (χ2v) is 7.24. The summed E-state index contributed by atoms with van der Waals surface area (Å²) < 4.78 is 16.3. The Bertz CT molecular complexity index is 1150. The number of hydrogen-bond acceptors (Lipinski definition) is 7. The molecule has 1 aliphatic rings. The van der Waals surface area contributed by atoms with Crippen LogP contribution in [-0.2, 0) is 4.79 Å². The standard InChI is InChI=1S/C23H21N3O6/c1-15-12-18(9-10-20(15)26(28)29)32-14-23(27)25-21(22-4-3-11-31-22)13-19(24-25)16-5-7-17(30-2)8-6-16/h3-12,21H,13-14H2,1-2H3. The lowest BCUT2D eigenvalue weighted by Crippen LogP contribution is -2.31. The fourth-order valence-electron chi connectivity index (χ4n) is 3.53. The Morgan fingerprint density at radius 3 is 2.59 bits per heavy atom. The van der Waals surface area contributed by atoms with Crippen molar-refractivity contribution in [2.45, 2.75) is 19.4 Å². The third-order valence-corrected chi connectivity index (χ3v) is 5.19. The van der Waals surface area contributed by atoms with Crippen molar-refractivity contribution in [3.63, 3.8) is 0 Å². The monoisotopic (exact) mass is 435 g/mol. The van der Waals surface area contributed by atoms with E-state index in [9.17, 15) is 14.9 Å². The number of nitro benzene ring substituents is 1. The second-order valence-electron chi connectivity index (χ2n) is 7.24. The molecular weight excluding hydrogens is 414 g/mol. The molecule has 0 bridgehead atoms. The van der Waals surface area contributed by atoms with Crippen LogP contribution in [0.1, 0.15) is 29.3 Å². The number of hydrazone groups is 1. The molecule has 32 heavy (non-hydrogen) atoms. The first kappa shape index (κ1) is 21.1. The predicted molar refractivity (Wildman–Crippen MR) is 116 cm³/mol. The van der Waals surface area contributed by atoms with Crippen LogP contribution in [0.3, 0.4) is 0 Å². The van der Waals surface area contributed by atoms with Crippen LogP contribution in [-0.4, -0.2) is 35.3 Å².